The largest absolute Gasteiger partial charge is 0.406 e. The van der Waals surface area contributed by atoms with Crippen LogP contribution in [0, 0.1) is 5.92 Å². The molecule has 0 saturated carbocycles. The molecule has 0 radical (unpaired) electrons. The number of carbonyl (C=O) groups is 1. The molecule has 2 fully saturated rings. The summed E-state index contributed by atoms with van der Waals surface area (Å²) < 4.78 is 42.6. The van der Waals surface area contributed by atoms with Gasteiger partial charge in [0.2, 0.25) is 5.91 Å². The molecule has 0 aliphatic carbocycles. The summed E-state index contributed by atoms with van der Waals surface area (Å²) in [5.41, 5.74) is -0.869. The summed E-state index contributed by atoms with van der Waals surface area (Å²) in [6, 6.07) is -0.0338. The number of nitrogens with zero attached hydrogens (tertiary/aromatic N) is 2. The Morgan fingerprint density at radius 3 is 2.78 bits per heavy atom. The number of amides is 1. The normalized spacial score (nSPS) is 33.0. The summed E-state index contributed by atoms with van der Waals surface area (Å²) in [6.45, 7) is 2.06. The number of halogens is 3. The molecule has 0 bridgehead atoms. The molecule has 3 atom stereocenters. The van der Waals surface area contributed by atoms with Crippen LogP contribution in [0.15, 0.2) is 0 Å². The van der Waals surface area contributed by atoms with Crippen molar-refractivity contribution >= 4 is 5.91 Å². The van der Waals surface area contributed by atoms with Crippen LogP contribution in [0.25, 0.3) is 0 Å². The highest BCUT2D eigenvalue weighted by molar-refractivity contribution is 5.78. The lowest BCUT2D eigenvalue weighted by atomic mass is 9.79. The van der Waals surface area contributed by atoms with E-state index < -0.39 is 24.2 Å². The summed E-state index contributed by atoms with van der Waals surface area (Å²) in [7, 11) is 1.17. The van der Waals surface area contributed by atoms with Crippen LogP contribution in [0.2, 0.25) is 0 Å². The monoisotopic (exact) mass is 338 g/mol. The van der Waals surface area contributed by atoms with E-state index in [9.17, 15) is 23.1 Å². The zero-order valence-electron chi connectivity index (χ0n) is 13.6. The van der Waals surface area contributed by atoms with Gasteiger partial charge in [0.25, 0.3) is 0 Å². The Hall–Kier alpha value is -0.860. The minimum Gasteiger partial charge on any atom is -0.390 e. The molecule has 1 amide bonds. The first-order valence-electron chi connectivity index (χ1n) is 7.95. The standard InChI is InChI=1S/C15H25F3N2O3/c1-14(22)5-7-23-9-11(14)12-4-3-6-20(12)8-13(21)19(2)10-15(16,17)18/h11-12,22H,3-10H2,1-2H3/t11-,12-,14+/m1/s1. The zero-order chi connectivity index (χ0) is 17.3. The number of carbonyl (C=O) groups excluding carboxylic acids is 1. The lowest BCUT2D eigenvalue weighted by molar-refractivity contribution is -0.160. The summed E-state index contributed by atoms with van der Waals surface area (Å²) >= 11 is 0. The summed E-state index contributed by atoms with van der Waals surface area (Å²) in [6.07, 6.45) is -2.17. The zero-order valence-corrected chi connectivity index (χ0v) is 13.6. The number of hydrogen-bond donors (Lipinski definition) is 1. The van der Waals surface area contributed by atoms with Crippen LogP contribution >= 0.6 is 0 Å². The molecule has 2 aliphatic rings. The Kier molecular flexibility index (Phi) is 5.58. The second-order valence-electron chi connectivity index (χ2n) is 6.83. The van der Waals surface area contributed by atoms with Crippen molar-refractivity contribution in [2.24, 2.45) is 5.92 Å². The van der Waals surface area contributed by atoms with Gasteiger partial charge in [0.15, 0.2) is 0 Å². The maximum Gasteiger partial charge on any atom is 0.406 e. The first-order chi connectivity index (χ1) is 10.6. The van der Waals surface area contributed by atoms with E-state index in [0.29, 0.717) is 31.1 Å². The van der Waals surface area contributed by atoms with Gasteiger partial charge in [-0.05, 0) is 32.7 Å². The van der Waals surface area contributed by atoms with E-state index in [4.69, 9.17) is 4.74 Å². The van der Waals surface area contributed by atoms with Crippen LogP contribution in [0.3, 0.4) is 0 Å². The van der Waals surface area contributed by atoms with Crippen LogP contribution in [-0.4, -0.2) is 78.5 Å². The maximum absolute atomic E-state index is 12.4. The van der Waals surface area contributed by atoms with Gasteiger partial charge in [0, 0.05) is 25.6 Å². The highest BCUT2D eigenvalue weighted by atomic mass is 19.4. The van der Waals surface area contributed by atoms with Crippen LogP contribution in [0.1, 0.15) is 26.2 Å². The smallest absolute Gasteiger partial charge is 0.390 e. The molecule has 0 aromatic rings. The minimum absolute atomic E-state index is 0.0338. The average Bonchev–Trinajstić information content (AvgIpc) is 2.84. The van der Waals surface area contributed by atoms with Gasteiger partial charge in [-0.2, -0.15) is 13.2 Å². The molecule has 134 valence electrons. The molecule has 23 heavy (non-hydrogen) atoms. The van der Waals surface area contributed by atoms with Crippen LogP contribution < -0.4 is 0 Å². The van der Waals surface area contributed by atoms with Gasteiger partial charge in [-0.25, -0.2) is 0 Å². The molecule has 0 unspecified atom stereocenters. The third-order valence-electron chi connectivity index (χ3n) is 4.91. The van der Waals surface area contributed by atoms with E-state index in [1.54, 1.807) is 6.92 Å². The Labute approximate surface area is 134 Å². The molecule has 5 nitrogen and oxygen atoms in total. The summed E-state index contributed by atoms with van der Waals surface area (Å²) in [5.74, 6) is -0.676. The van der Waals surface area contributed by atoms with Gasteiger partial charge in [-0.15, -0.1) is 0 Å². The van der Waals surface area contributed by atoms with Gasteiger partial charge in [0.1, 0.15) is 6.54 Å². The fourth-order valence-corrected chi connectivity index (χ4v) is 3.53. The van der Waals surface area contributed by atoms with Crippen LogP contribution in [0.5, 0.6) is 0 Å². The van der Waals surface area contributed by atoms with E-state index in [-0.39, 0.29) is 18.5 Å². The highest BCUT2D eigenvalue weighted by Gasteiger charge is 2.44. The van der Waals surface area contributed by atoms with Crippen LogP contribution in [-0.2, 0) is 9.53 Å². The van der Waals surface area contributed by atoms with Crippen molar-refractivity contribution in [2.45, 2.75) is 44.0 Å². The summed E-state index contributed by atoms with van der Waals surface area (Å²) in [4.78, 5) is 14.7. The topological polar surface area (TPSA) is 53.0 Å². The number of likely N-dealkylation sites (tertiary alicyclic amines) is 1. The van der Waals surface area contributed by atoms with Crippen molar-refractivity contribution in [3.8, 4) is 0 Å². The average molecular weight is 338 g/mol. The molecule has 2 aliphatic heterocycles. The fraction of sp³-hybridized carbons (Fsp3) is 0.933. The second-order valence-corrected chi connectivity index (χ2v) is 6.83. The van der Waals surface area contributed by atoms with Gasteiger partial charge >= 0.3 is 6.18 Å². The van der Waals surface area contributed by atoms with Gasteiger partial charge < -0.3 is 14.7 Å². The van der Waals surface area contributed by atoms with E-state index >= 15 is 0 Å². The number of rotatable bonds is 4. The quantitative estimate of drug-likeness (QED) is 0.839. The molecule has 8 heteroatoms. The number of aliphatic hydroxyl groups is 1. The predicted molar refractivity (Wildman–Crippen MR) is 77.8 cm³/mol. The van der Waals surface area contributed by atoms with Crippen molar-refractivity contribution < 1.29 is 27.8 Å². The number of alkyl halides is 3. The molecular weight excluding hydrogens is 313 g/mol. The fourth-order valence-electron chi connectivity index (χ4n) is 3.53. The first-order valence-corrected chi connectivity index (χ1v) is 7.95. The summed E-state index contributed by atoms with van der Waals surface area (Å²) in [5, 5.41) is 10.6. The third kappa shape index (κ3) is 4.81. The molecule has 2 rings (SSSR count). The maximum atomic E-state index is 12.4. The SMILES string of the molecule is CN(CC(F)(F)F)C(=O)CN1CCC[C@@H]1[C@H]1COCC[C@]1(C)O. The molecule has 1 N–H and O–H groups in total. The number of likely N-dealkylation sites (N-methyl/N-ethyl adjacent to an activating group) is 1. The molecule has 0 aromatic carbocycles. The minimum atomic E-state index is -4.39. The Bertz CT molecular complexity index is 429. The van der Waals surface area contributed by atoms with E-state index in [1.165, 1.54) is 7.05 Å². The van der Waals surface area contributed by atoms with E-state index in [1.807, 2.05) is 4.90 Å². The lowest BCUT2D eigenvalue weighted by Crippen LogP contribution is -2.54. The Morgan fingerprint density at radius 1 is 1.48 bits per heavy atom. The molecule has 2 heterocycles. The Balaban J connectivity index is 1.97. The number of hydrogen-bond acceptors (Lipinski definition) is 4. The number of ether oxygens (including phenoxy) is 1. The van der Waals surface area contributed by atoms with Crippen LogP contribution in [0.4, 0.5) is 13.2 Å². The van der Waals surface area contributed by atoms with Crippen molar-refractivity contribution in [1.82, 2.24) is 9.80 Å². The molecular formula is C15H25F3N2O3. The predicted octanol–water partition coefficient (Wildman–Crippen LogP) is 1.26. The first kappa shape index (κ1) is 18.5. The van der Waals surface area contributed by atoms with Gasteiger partial charge in [-0.1, -0.05) is 0 Å². The van der Waals surface area contributed by atoms with Crippen molar-refractivity contribution in [3.05, 3.63) is 0 Å². The highest BCUT2D eigenvalue weighted by Crippen LogP contribution is 2.35. The Morgan fingerprint density at radius 2 is 2.17 bits per heavy atom. The molecule has 0 aromatic heterocycles. The second kappa shape index (κ2) is 6.94. The van der Waals surface area contributed by atoms with E-state index in [2.05, 4.69) is 0 Å². The molecule has 0 spiro atoms. The lowest BCUT2D eigenvalue weighted by Gasteiger charge is -2.43. The molecule has 2 saturated heterocycles. The van der Waals surface area contributed by atoms with Crippen molar-refractivity contribution in [2.75, 3.05) is 39.9 Å². The van der Waals surface area contributed by atoms with Gasteiger partial charge in [0.05, 0.1) is 18.8 Å². The van der Waals surface area contributed by atoms with Gasteiger partial charge in [-0.3, -0.25) is 9.69 Å². The van der Waals surface area contributed by atoms with E-state index in [0.717, 1.165) is 12.8 Å². The third-order valence-corrected chi connectivity index (χ3v) is 4.91. The van der Waals surface area contributed by atoms with Crippen molar-refractivity contribution in [1.29, 1.82) is 0 Å². The van der Waals surface area contributed by atoms with Crippen molar-refractivity contribution in [3.63, 3.8) is 0 Å².